The summed E-state index contributed by atoms with van der Waals surface area (Å²) in [5, 5.41) is 0. The van der Waals surface area contributed by atoms with Crippen molar-refractivity contribution >= 4 is 17.7 Å². The minimum atomic E-state index is -0.236. The molecule has 26 heavy (non-hydrogen) atoms. The summed E-state index contributed by atoms with van der Waals surface area (Å²) in [6.45, 7) is 1.88. The van der Waals surface area contributed by atoms with Crippen LogP contribution in [0.15, 0.2) is 18.5 Å². The number of likely N-dealkylation sites (tertiary alicyclic amines) is 1. The Morgan fingerprint density at radius 2 is 1.85 bits per heavy atom. The quantitative estimate of drug-likeness (QED) is 0.711. The van der Waals surface area contributed by atoms with Crippen LogP contribution in [-0.2, 0) is 9.59 Å². The Balaban J connectivity index is 1.81. The Morgan fingerprint density at radius 1 is 1.15 bits per heavy atom. The van der Waals surface area contributed by atoms with Crippen LogP contribution in [0.4, 0.5) is 0 Å². The van der Waals surface area contributed by atoms with Crippen LogP contribution in [0.3, 0.4) is 0 Å². The Hall–Kier alpha value is -2.64. The van der Waals surface area contributed by atoms with Crippen LogP contribution in [0.5, 0.6) is 5.75 Å². The summed E-state index contributed by atoms with van der Waals surface area (Å²) in [5.41, 5.74) is 0.400. The van der Waals surface area contributed by atoms with Crippen molar-refractivity contribution in [3.63, 3.8) is 0 Å². The van der Waals surface area contributed by atoms with Gasteiger partial charge in [0, 0.05) is 46.3 Å². The van der Waals surface area contributed by atoms with Crippen LogP contribution in [0.1, 0.15) is 29.6 Å². The van der Waals surface area contributed by atoms with E-state index < -0.39 is 0 Å². The second kappa shape index (κ2) is 9.17. The number of amides is 3. The molecule has 0 spiro atoms. The van der Waals surface area contributed by atoms with E-state index in [0.29, 0.717) is 11.3 Å². The van der Waals surface area contributed by atoms with Gasteiger partial charge >= 0.3 is 0 Å². The lowest BCUT2D eigenvalue weighted by molar-refractivity contribution is -0.138. The third-order valence-corrected chi connectivity index (χ3v) is 4.46. The molecule has 0 N–H and O–H groups in total. The molecule has 1 saturated heterocycles. The molecule has 2 heterocycles. The maximum absolute atomic E-state index is 12.4. The van der Waals surface area contributed by atoms with E-state index in [-0.39, 0.29) is 37.2 Å². The van der Waals surface area contributed by atoms with Crippen LogP contribution in [-0.4, -0.2) is 84.8 Å². The summed E-state index contributed by atoms with van der Waals surface area (Å²) >= 11 is 0. The first kappa shape index (κ1) is 19.7. The van der Waals surface area contributed by atoms with Crippen molar-refractivity contribution in [3.8, 4) is 5.75 Å². The highest BCUT2D eigenvalue weighted by molar-refractivity contribution is 5.94. The normalized spacial score (nSPS) is 13.4. The molecular formula is C18H26N4O4. The number of carbonyl (C=O) groups is 3. The Kier molecular flexibility index (Phi) is 6.94. The fraction of sp³-hybridized carbons (Fsp3) is 0.556. The fourth-order valence-electron chi connectivity index (χ4n) is 2.78. The van der Waals surface area contributed by atoms with Gasteiger partial charge in [0.1, 0.15) is 5.75 Å². The summed E-state index contributed by atoms with van der Waals surface area (Å²) in [6, 6.07) is 1.61. The molecule has 0 unspecified atom stereocenters. The van der Waals surface area contributed by atoms with Gasteiger partial charge in [0.25, 0.3) is 5.91 Å². The highest BCUT2D eigenvalue weighted by Crippen LogP contribution is 2.12. The number of rotatable bonds is 7. The molecule has 0 aliphatic carbocycles. The monoisotopic (exact) mass is 362 g/mol. The topological polar surface area (TPSA) is 83.0 Å². The lowest BCUT2D eigenvalue weighted by atomic mass is 10.2. The Bertz CT molecular complexity index is 658. The third kappa shape index (κ3) is 5.18. The highest BCUT2D eigenvalue weighted by Gasteiger charge is 2.21. The Morgan fingerprint density at radius 3 is 2.50 bits per heavy atom. The molecule has 8 nitrogen and oxygen atoms in total. The molecule has 0 atom stereocenters. The first-order chi connectivity index (χ1) is 12.4. The number of nitrogens with zero attached hydrogens (tertiary/aromatic N) is 4. The molecule has 0 aromatic carbocycles. The van der Waals surface area contributed by atoms with Gasteiger partial charge in [-0.1, -0.05) is 0 Å². The fourth-order valence-corrected chi connectivity index (χ4v) is 2.78. The lowest BCUT2D eigenvalue weighted by Crippen LogP contribution is -2.41. The van der Waals surface area contributed by atoms with Crippen molar-refractivity contribution in [3.05, 3.63) is 24.0 Å². The Labute approximate surface area is 153 Å². The van der Waals surface area contributed by atoms with Crippen LogP contribution in [0.2, 0.25) is 0 Å². The van der Waals surface area contributed by atoms with Crippen molar-refractivity contribution in [1.82, 2.24) is 19.7 Å². The summed E-state index contributed by atoms with van der Waals surface area (Å²) in [5.74, 6) is 0.0756. The minimum absolute atomic E-state index is 0.0229. The van der Waals surface area contributed by atoms with Gasteiger partial charge in [0.15, 0.2) is 0 Å². The SMILES string of the molecule is COc1cncc(C(=O)N(C)CCC(=O)N(C)CC(=O)N2CCCC2)c1. The second-order valence-electron chi connectivity index (χ2n) is 6.43. The first-order valence-corrected chi connectivity index (χ1v) is 8.68. The van der Waals surface area contributed by atoms with Gasteiger partial charge in [0.05, 0.1) is 25.4 Å². The van der Waals surface area contributed by atoms with Gasteiger partial charge in [-0.2, -0.15) is 0 Å². The molecule has 142 valence electrons. The summed E-state index contributed by atoms with van der Waals surface area (Å²) < 4.78 is 5.06. The molecule has 1 aliphatic rings. The van der Waals surface area contributed by atoms with Gasteiger partial charge in [-0.05, 0) is 18.9 Å². The zero-order chi connectivity index (χ0) is 19.1. The number of pyridine rings is 1. The summed E-state index contributed by atoms with van der Waals surface area (Å²) in [4.78, 5) is 45.4. The molecule has 1 aromatic rings. The molecule has 0 radical (unpaired) electrons. The van der Waals surface area contributed by atoms with Crippen LogP contribution >= 0.6 is 0 Å². The van der Waals surface area contributed by atoms with Gasteiger partial charge in [-0.25, -0.2) is 0 Å². The molecule has 1 fully saturated rings. The molecule has 0 saturated carbocycles. The molecule has 3 amide bonds. The largest absolute Gasteiger partial charge is 0.495 e. The zero-order valence-corrected chi connectivity index (χ0v) is 15.6. The van der Waals surface area contributed by atoms with Gasteiger partial charge < -0.3 is 19.4 Å². The van der Waals surface area contributed by atoms with E-state index in [0.717, 1.165) is 25.9 Å². The van der Waals surface area contributed by atoms with E-state index in [9.17, 15) is 14.4 Å². The van der Waals surface area contributed by atoms with Gasteiger partial charge in [-0.3, -0.25) is 19.4 Å². The average molecular weight is 362 g/mol. The number of methoxy groups -OCH3 is 1. The van der Waals surface area contributed by atoms with Crippen molar-refractivity contribution in [2.24, 2.45) is 0 Å². The number of ether oxygens (including phenoxy) is 1. The molecule has 2 rings (SSSR count). The summed E-state index contributed by atoms with van der Waals surface area (Å²) in [6.07, 6.45) is 5.19. The van der Waals surface area contributed by atoms with Crippen molar-refractivity contribution in [1.29, 1.82) is 0 Å². The summed E-state index contributed by atoms with van der Waals surface area (Å²) in [7, 11) is 4.75. The van der Waals surface area contributed by atoms with E-state index in [1.165, 1.54) is 29.3 Å². The van der Waals surface area contributed by atoms with E-state index in [4.69, 9.17) is 4.74 Å². The molecule has 1 aliphatic heterocycles. The number of aromatic nitrogens is 1. The number of hydrogen-bond donors (Lipinski definition) is 0. The standard InChI is InChI=1S/C18H26N4O4/c1-20(18(25)14-10-15(26-3)12-19-11-14)9-6-16(23)21(2)13-17(24)22-7-4-5-8-22/h10-12H,4-9,13H2,1-3H3. The van der Waals surface area contributed by atoms with Gasteiger partial charge in [0.2, 0.25) is 11.8 Å². The zero-order valence-electron chi connectivity index (χ0n) is 15.6. The van der Waals surface area contributed by atoms with E-state index >= 15 is 0 Å². The van der Waals surface area contributed by atoms with E-state index in [2.05, 4.69) is 4.98 Å². The van der Waals surface area contributed by atoms with Crippen molar-refractivity contribution in [2.45, 2.75) is 19.3 Å². The minimum Gasteiger partial charge on any atom is -0.495 e. The smallest absolute Gasteiger partial charge is 0.255 e. The lowest BCUT2D eigenvalue weighted by Gasteiger charge is -2.23. The first-order valence-electron chi connectivity index (χ1n) is 8.68. The highest BCUT2D eigenvalue weighted by atomic mass is 16.5. The third-order valence-electron chi connectivity index (χ3n) is 4.46. The van der Waals surface area contributed by atoms with Crippen LogP contribution < -0.4 is 4.74 Å². The second-order valence-corrected chi connectivity index (χ2v) is 6.43. The predicted octanol–water partition coefficient (Wildman–Crippen LogP) is 0.633. The molecular weight excluding hydrogens is 336 g/mol. The average Bonchev–Trinajstić information content (AvgIpc) is 3.20. The van der Waals surface area contributed by atoms with E-state index in [1.807, 2.05) is 0 Å². The number of carbonyl (C=O) groups excluding carboxylic acids is 3. The van der Waals surface area contributed by atoms with Gasteiger partial charge in [-0.15, -0.1) is 0 Å². The van der Waals surface area contributed by atoms with E-state index in [1.54, 1.807) is 25.1 Å². The maximum atomic E-state index is 12.4. The molecule has 0 bridgehead atoms. The van der Waals surface area contributed by atoms with Crippen molar-refractivity contribution in [2.75, 3.05) is 47.4 Å². The maximum Gasteiger partial charge on any atom is 0.255 e. The predicted molar refractivity (Wildman–Crippen MR) is 95.8 cm³/mol. The molecule has 1 aromatic heterocycles. The van der Waals surface area contributed by atoms with Crippen LogP contribution in [0.25, 0.3) is 0 Å². The molecule has 8 heteroatoms. The van der Waals surface area contributed by atoms with Crippen LogP contribution in [0, 0.1) is 0 Å². The number of hydrogen-bond acceptors (Lipinski definition) is 5. The van der Waals surface area contributed by atoms with Crippen molar-refractivity contribution < 1.29 is 19.1 Å². The number of likely N-dealkylation sites (N-methyl/N-ethyl adjacent to an activating group) is 1.